The summed E-state index contributed by atoms with van der Waals surface area (Å²) in [5.74, 6) is 0.415. The van der Waals surface area contributed by atoms with E-state index in [1.54, 1.807) is 37.3 Å². The number of para-hydroxylation sites is 2. The second-order valence-corrected chi connectivity index (χ2v) is 5.04. The van der Waals surface area contributed by atoms with Crippen molar-refractivity contribution in [3.63, 3.8) is 0 Å². The smallest absolute Gasteiger partial charge is 0.284 e. The molecule has 2 aromatic rings. The Balaban J connectivity index is 1.63. The number of nitrogens with zero attached hydrogens (tertiary/aromatic N) is 1. The largest absolute Gasteiger partial charge is 0.485 e. The first-order valence-electron chi connectivity index (χ1n) is 7.12. The molecular weight excluding hydrogens is 299 g/mol. The van der Waals surface area contributed by atoms with Crippen molar-refractivity contribution in [2.45, 2.75) is 13.0 Å². The molecular formula is C17H15FN2O3. The molecule has 0 unspecified atom stereocenters. The fraction of sp³-hybridized carbons (Fsp3) is 0.176. The molecule has 6 heteroatoms. The number of hydrazone groups is 1. The third-order valence-corrected chi connectivity index (χ3v) is 3.40. The number of rotatable bonds is 3. The summed E-state index contributed by atoms with van der Waals surface area (Å²) in [6.45, 7) is 1.84. The molecule has 0 aromatic heterocycles. The molecule has 1 amide bonds. The molecule has 1 aliphatic heterocycles. The van der Waals surface area contributed by atoms with E-state index in [4.69, 9.17) is 9.47 Å². The van der Waals surface area contributed by atoms with Gasteiger partial charge in [-0.15, -0.1) is 0 Å². The molecule has 0 bridgehead atoms. The van der Waals surface area contributed by atoms with Crippen molar-refractivity contribution in [1.29, 1.82) is 0 Å². The Hall–Kier alpha value is -2.89. The average molecular weight is 314 g/mol. The van der Waals surface area contributed by atoms with Crippen LogP contribution in [0.25, 0.3) is 0 Å². The van der Waals surface area contributed by atoms with Crippen LogP contribution in [0.5, 0.6) is 11.5 Å². The van der Waals surface area contributed by atoms with Gasteiger partial charge in [0.25, 0.3) is 5.91 Å². The molecule has 0 fully saturated rings. The first-order chi connectivity index (χ1) is 11.1. The Morgan fingerprint density at radius 1 is 1.17 bits per heavy atom. The molecule has 118 valence electrons. The number of nitrogens with one attached hydrogen (secondary N) is 1. The monoisotopic (exact) mass is 314 g/mol. The third-order valence-electron chi connectivity index (χ3n) is 3.40. The number of amides is 1. The van der Waals surface area contributed by atoms with Crippen LogP contribution in [0.15, 0.2) is 53.6 Å². The Labute approximate surface area is 132 Å². The van der Waals surface area contributed by atoms with Crippen LogP contribution in [0.3, 0.4) is 0 Å². The number of ether oxygens (including phenoxy) is 2. The van der Waals surface area contributed by atoms with Gasteiger partial charge in [-0.2, -0.15) is 5.10 Å². The minimum absolute atomic E-state index is 0.119. The normalized spacial score (nSPS) is 16.8. The number of carbonyl (C=O) groups is 1. The van der Waals surface area contributed by atoms with E-state index in [0.29, 0.717) is 17.2 Å². The van der Waals surface area contributed by atoms with Gasteiger partial charge in [0.2, 0.25) is 6.10 Å². The SMILES string of the molecule is C/C(=N/NC(=O)[C@@H]1COc2ccccc2O1)c1ccc(F)cc1. The molecule has 0 saturated carbocycles. The lowest BCUT2D eigenvalue weighted by Gasteiger charge is -2.24. The Morgan fingerprint density at radius 3 is 2.61 bits per heavy atom. The van der Waals surface area contributed by atoms with Crippen LogP contribution >= 0.6 is 0 Å². The molecule has 0 aliphatic carbocycles. The van der Waals surface area contributed by atoms with Gasteiger partial charge < -0.3 is 9.47 Å². The summed E-state index contributed by atoms with van der Waals surface area (Å²) in [6, 6.07) is 13.0. The number of carbonyl (C=O) groups excluding carboxylic acids is 1. The molecule has 1 heterocycles. The van der Waals surface area contributed by atoms with Crippen LogP contribution < -0.4 is 14.9 Å². The zero-order valence-corrected chi connectivity index (χ0v) is 12.5. The summed E-state index contributed by atoms with van der Waals surface area (Å²) in [5, 5.41) is 4.01. The van der Waals surface area contributed by atoms with Gasteiger partial charge in [0.1, 0.15) is 12.4 Å². The maximum absolute atomic E-state index is 12.9. The second kappa shape index (κ2) is 6.48. The van der Waals surface area contributed by atoms with E-state index >= 15 is 0 Å². The average Bonchev–Trinajstić information content (AvgIpc) is 2.59. The molecule has 3 rings (SSSR count). The van der Waals surface area contributed by atoms with Crippen molar-refractivity contribution >= 4 is 11.6 Å². The van der Waals surface area contributed by atoms with Crippen molar-refractivity contribution < 1.29 is 18.7 Å². The molecule has 1 aliphatic rings. The highest BCUT2D eigenvalue weighted by molar-refractivity contribution is 5.99. The molecule has 5 nitrogen and oxygen atoms in total. The summed E-state index contributed by atoms with van der Waals surface area (Å²) in [7, 11) is 0. The fourth-order valence-electron chi connectivity index (χ4n) is 2.12. The number of hydrogen-bond donors (Lipinski definition) is 1. The number of halogens is 1. The predicted octanol–water partition coefficient (Wildman–Crippen LogP) is 2.51. The van der Waals surface area contributed by atoms with Crippen LogP contribution in [0.1, 0.15) is 12.5 Å². The van der Waals surface area contributed by atoms with Crippen molar-refractivity contribution in [3.05, 3.63) is 59.9 Å². The van der Waals surface area contributed by atoms with E-state index in [2.05, 4.69) is 10.5 Å². The van der Waals surface area contributed by atoms with E-state index in [1.807, 2.05) is 6.07 Å². The maximum Gasteiger partial charge on any atom is 0.284 e. The second-order valence-electron chi connectivity index (χ2n) is 5.04. The highest BCUT2D eigenvalue weighted by Gasteiger charge is 2.27. The molecule has 2 aromatic carbocycles. The lowest BCUT2D eigenvalue weighted by Crippen LogP contribution is -2.42. The Morgan fingerprint density at radius 2 is 1.87 bits per heavy atom. The highest BCUT2D eigenvalue weighted by Crippen LogP contribution is 2.30. The Kier molecular flexibility index (Phi) is 4.23. The predicted molar refractivity (Wildman–Crippen MR) is 83.1 cm³/mol. The van der Waals surface area contributed by atoms with Gasteiger partial charge in [-0.3, -0.25) is 4.79 Å². The quantitative estimate of drug-likeness (QED) is 0.699. The molecule has 0 spiro atoms. The number of benzene rings is 2. The summed E-state index contributed by atoms with van der Waals surface area (Å²) in [5.41, 5.74) is 3.73. The van der Waals surface area contributed by atoms with Gasteiger partial charge in [-0.25, -0.2) is 9.82 Å². The lowest BCUT2D eigenvalue weighted by atomic mass is 10.1. The molecule has 23 heavy (non-hydrogen) atoms. The van der Waals surface area contributed by atoms with Crippen molar-refractivity contribution in [2.24, 2.45) is 5.10 Å². The molecule has 0 radical (unpaired) electrons. The fourth-order valence-corrected chi connectivity index (χ4v) is 2.12. The van der Waals surface area contributed by atoms with Crippen molar-refractivity contribution in [1.82, 2.24) is 5.43 Å². The van der Waals surface area contributed by atoms with Gasteiger partial charge in [-0.1, -0.05) is 24.3 Å². The summed E-state index contributed by atoms with van der Waals surface area (Å²) >= 11 is 0. The minimum atomic E-state index is -0.769. The lowest BCUT2D eigenvalue weighted by molar-refractivity contribution is -0.130. The third kappa shape index (κ3) is 3.48. The van der Waals surface area contributed by atoms with E-state index in [1.165, 1.54) is 12.1 Å². The Bertz CT molecular complexity index is 744. The van der Waals surface area contributed by atoms with E-state index in [9.17, 15) is 9.18 Å². The van der Waals surface area contributed by atoms with Crippen LogP contribution in [0.2, 0.25) is 0 Å². The zero-order chi connectivity index (χ0) is 16.2. The molecule has 1 N–H and O–H groups in total. The van der Waals surface area contributed by atoms with Gasteiger partial charge in [0.15, 0.2) is 11.5 Å². The summed E-state index contributed by atoms with van der Waals surface area (Å²) in [6.07, 6.45) is -0.769. The summed E-state index contributed by atoms with van der Waals surface area (Å²) < 4.78 is 24.0. The summed E-state index contributed by atoms with van der Waals surface area (Å²) in [4.78, 5) is 12.1. The molecule has 1 atom stereocenters. The van der Waals surface area contributed by atoms with Crippen LogP contribution in [-0.2, 0) is 4.79 Å². The van der Waals surface area contributed by atoms with E-state index < -0.39 is 12.0 Å². The first kappa shape index (κ1) is 15.0. The van der Waals surface area contributed by atoms with Gasteiger partial charge in [0.05, 0.1) is 5.71 Å². The topological polar surface area (TPSA) is 59.9 Å². The minimum Gasteiger partial charge on any atom is -0.485 e. The first-order valence-corrected chi connectivity index (χ1v) is 7.12. The number of fused-ring (bicyclic) bond motifs is 1. The van der Waals surface area contributed by atoms with Crippen molar-refractivity contribution in [3.8, 4) is 11.5 Å². The van der Waals surface area contributed by atoms with Crippen LogP contribution in [0.4, 0.5) is 4.39 Å². The van der Waals surface area contributed by atoms with Crippen LogP contribution in [0, 0.1) is 5.82 Å². The molecule has 0 saturated heterocycles. The number of hydrogen-bond acceptors (Lipinski definition) is 4. The highest BCUT2D eigenvalue weighted by atomic mass is 19.1. The van der Waals surface area contributed by atoms with Crippen LogP contribution in [-0.4, -0.2) is 24.3 Å². The van der Waals surface area contributed by atoms with Gasteiger partial charge in [0, 0.05) is 0 Å². The van der Waals surface area contributed by atoms with Crippen molar-refractivity contribution in [2.75, 3.05) is 6.61 Å². The standard InChI is InChI=1S/C17H15FN2O3/c1-11(12-6-8-13(18)9-7-12)19-20-17(21)16-10-22-14-4-2-3-5-15(14)23-16/h2-9,16H,10H2,1H3,(H,20,21)/b19-11-/t16-/m0/s1. The van der Waals surface area contributed by atoms with E-state index in [-0.39, 0.29) is 12.4 Å². The maximum atomic E-state index is 12.9. The van der Waals surface area contributed by atoms with E-state index in [0.717, 1.165) is 5.56 Å². The van der Waals surface area contributed by atoms with Gasteiger partial charge >= 0.3 is 0 Å². The zero-order valence-electron chi connectivity index (χ0n) is 12.5. The van der Waals surface area contributed by atoms with Gasteiger partial charge in [-0.05, 0) is 36.8 Å².